The molecule has 112 valence electrons. The molecule has 0 saturated heterocycles. The Morgan fingerprint density at radius 2 is 2.20 bits per heavy atom. The van der Waals surface area contributed by atoms with Crippen LogP contribution in [0, 0.1) is 0 Å². The molecule has 0 aromatic carbocycles. The summed E-state index contributed by atoms with van der Waals surface area (Å²) in [6.07, 6.45) is 3.34. The first-order chi connectivity index (χ1) is 9.49. The Morgan fingerprint density at radius 1 is 1.50 bits per heavy atom. The van der Waals surface area contributed by atoms with Gasteiger partial charge in [-0.2, -0.15) is 0 Å². The fraction of sp³-hybridized carbons (Fsp3) is 0.769. The van der Waals surface area contributed by atoms with Crippen molar-refractivity contribution < 1.29 is 9.90 Å². The maximum Gasteiger partial charge on any atom is 0.313 e. The molecule has 1 fully saturated rings. The molecule has 0 amide bonds. The second-order valence-corrected chi connectivity index (χ2v) is 6.55. The van der Waals surface area contributed by atoms with Gasteiger partial charge in [-0.3, -0.25) is 4.79 Å². The van der Waals surface area contributed by atoms with Crippen molar-refractivity contribution in [3.05, 3.63) is 5.82 Å². The molecule has 1 aliphatic rings. The number of hydrogen-bond donors (Lipinski definition) is 1. The molecule has 1 atom stereocenters. The molecule has 1 heterocycles. The van der Waals surface area contributed by atoms with Crippen LogP contribution in [0.5, 0.6) is 0 Å². The first-order valence-electron chi connectivity index (χ1n) is 6.93. The first kappa shape index (κ1) is 15.3. The summed E-state index contributed by atoms with van der Waals surface area (Å²) >= 11 is 1.26. The second kappa shape index (κ2) is 6.58. The number of aliphatic carboxylic acids is 1. The fourth-order valence-corrected chi connectivity index (χ4v) is 2.89. The molecule has 0 radical (unpaired) electrons. The van der Waals surface area contributed by atoms with E-state index in [0.29, 0.717) is 12.0 Å². The summed E-state index contributed by atoms with van der Waals surface area (Å²) in [4.78, 5) is 12.9. The van der Waals surface area contributed by atoms with Crippen molar-refractivity contribution in [3.63, 3.8) is 0 Å². The maximum atomic E-state index is 10.7. The molecule has 1 unspecified atom stereocenters. The maximum absolute atomic E-state index is 10.7. The monoisotopic (exact) mass is 298 g/mol. The summed E-state index contributed by atoms with van der Waals surface area (Å²) in [5.74, 6) is 0.759. The van der Waals surface area contributed by atoms with Crippen LogP contribution in [-0.4, -0.2) is 57.1 Å². The highest BCUT2D eigenvalue weighted by Crippen LogP contribution is 2.41. The van der Waals surface area contributed by atoms with Crippen LogP contribution in [0.1, 0.15) is 44.0 Å². The highest BCUT2D eigenvalue weighted by Gasteiger charge is 2.32. The number of carboxylic acids is 1. The lowest BCUT2D eigenvalue weighted by Gasteiger charge is -2.19. The molecule has 0 bridgehead atoms. The molecule has 1 aromatic rings. The van der Waals surface area contributed by atoms with Crippen LogP contribution in [0.3, 0.4) is 0 Å². The zero-order chi connectivity index (χ0) is 14.7. The van der Waals surface area contributed by atoms with Gasteiger partial charge in [0.25, 0.3) is 0 Å². The van der Waals surface area contributed by atoms with Crippen LogP contribution in [0.25, 0.3) is 0 Å². The summed E-state index contributed by atoms with van der Waals surface area (Å²) in [6.45, 7) is 3.15. The minimum atomic E-state index is -0.821. The topological polar surface area (TPSA) is 71.2 Å². The van der Waals surface area contributed by atoms with Crippen LogP contribution < -0.4 is 0 Å². The standard InChI is InChI=1S/C13H22N4O2S/c1-9(6-7-16(2)3)17-12(10-4-5-10)14-15-13(17)20-8-11(18)19/h9-10H,4-8H2,1-3H3,(H,18,19). The lowest BCUT2D eigenvalue weighted by Crippen LogP contribution is -2.19. The summed E-state index contributed by atoms with van der Waals surface area (Å²) in [5, 5.41) is 18.0. The molecule has 0 aliphatic heterocycles. The highest BCUT2D eigenvalue weighted by molar-refractivity contribution is 7.99. The van der Waals surface area contributed by atoms with Crippen molar-refractivity contribution >= 4 is 17.7 Å². The minimum absolute atomic E-state index is 0.0310. The Kier molecular flexibility index (Phi) is 5.04. The van der Waals surface area contributed by atoms with Gasteiger partial charge in [0, 0.05) is 12.0 Å². The lowest BCUT2D eigenvalue weighted by molar-refractivity contribution is -0.133. The van der Waals surface area contributed by atoms with Gasteiger partial charge >= 0.3 is 5.97 Å². The van der Waals surface area contributed by atoms with E-state index >= 15 is 0 Å². The van der Waals surface area contributed by atoms with E-state index in [1.165, 1.54) is 24.6 Å². The Bertz CT molecular complexity index is 471. The van der Waals surface area contributed by atoms with Gasteiger partial charge in [0.1, 0.15) is 5.82 Å². The Morgan fingerprint density at radius 3 is 2.75 bits per heavy atom. The molecule has 6 nitrogen and oxygen atoms in total. The number of thioether (sulfide) groups is 1. The average molecular weight is 298 g/mol. The van der Waals surface area contributed by atoms with Crippen molar-refractivity contribution in [2.75, 3.05) is 26.4 Å². The molecule has 1 saturated carbocycles. The van der Waals surface area contributed by atoms with Crippen molar-refractivity contribution in [2.45, 2.75) is 43.3 Å². The van der Waals surface area contributed by atoms with Gasteiger partial charge in [0.05, 0.1) is 5.75 Å². The Labute approximate surface area is 123 Å². The quantitative estimate of drug-likeness (QED) is 0.738. The average Bonchev–Trinajstić information content (AvgIpc) is 3.13. The van der Waals surface area contributed by atoms with E-state index in [1.54, 1.807) is 0 Å². The van der Waals surface area contributed by atoms with Gasteiger partial charge in [-0.25, -0.2) is 0 Å². The Hall–Kier alpha value is -1.08. The predicted molar refractivity (Wildman–Crippen MR) is 78.2 cm³/mol. The van der Waals surface area contributed by atoms with Crippen LogP contribution in [0.2, 0.25) is 0 Å². The van der Waals surface area contributed by atoms with Gasteiger partial charge < -0.3 is 14.6 Å². The number of aromatic nitrogens is 3. The smallest absolute Gasteiger partial charge is 0.313 e. The third-order valence-electron chi connectivity index (χ3n) is 3.39. The van der Waals surface area contributed by atoms with E-state index in [9.17, 15) is 4.79 Å². The molecule has 1 aromatic heterocycles. The third kappa shape index (κ3) is 3.96. The molecular weight excluding hydrogens is 276 g/mol. The van der Waals surface area contributed by atoms with Crippen LogP contribution in [-0.2, 0) is 4.79 Å². The second-order valence-electron chi connectivity index (χ2n) is 5.61. The zero-order valence-electron chi connectivity index (χ0n) is 12.2. The van der Waals surface area contributed by atoms with E-state index in [1.807, 2.05) is 0 Å². The van der Waals surface area contributed by atoms with E-state index in [2.05, 4.69) is 40.7 Å². The number of carbonyl (C=O) groups is 1. The van der Waals surface area contributed by atoms with Gasteiger partial charge in [-0.1, -0.05) is 11.8 Å². The first-order valence-corrected chi connectivity index (χ1v) is 7.91. The largest absolute Gasteiger partial charge is 0.481 e. The molecule has 2 rings (SSSR count). The van der Waals surface area contributed by atoms with Crippen LogP contribution >= 0.6 is 11.8 Å². The fourth-order valence-electron chi connectivity index (χ4n) is 2.12. The third-order valence-corrected chi connectivity index (χ3v) is 4.32. The van der Waals surface area contributed by atoms with Gasteiger partial charge in [0.15, 0.2) is 5.16 Å². The molecular formula is C13H22N4O2S. The molecule has 1 aliphatic carbocycles. The van der Waals surface area contributed by atoms with E-state index in [4.69, 9.17) is 5.11 Å². The zero-order valence-corrected chi connectivity index (χ0v) is 13.1. The number of carboxylic acid groups (broad SMARTS) is 1. The van der Waals surface area contributed by atoms with Crippen LogP contribution in [0.4, 0.5) is 0 Å². The normalized spacial score (nSPS) is 16.6. The Balaban J connectivity index is 2.13. The van der Waals surface area contributed by atoms with Gasteiger partial charge in [-0.15, -0.1) is 10.2 Å². The minimum Gasteiger partial charge on any atom is -0.481 e. The molecule has 0 spiro atoms. The summed E-state index contributed by atoms with van der Waals surface area (Å²) in [5.41, 5.74) is 0. The number of hydrogen-bond acceptors (Lipinski definition) is 5. The lowest BCUT2D eigenvalue weighted by atomic mass is 10.2. The number of rotatable bonds is 8. The highest BCUT2D eigenvalue weighted by atomic mass is 32.2. The predicted octanol–water partition coefficient (Wildman–Crippen LogP) is 1.84. The van der Waals surface area contributed by atoms with E-state index < -0.39 is 5.97 Å². The van der Waals surface area contributed by atoms with Crippen molar-refractivity contribution in [1.29, 1.82) is 0 Å². The SMILES string of the molecule is CC(CCN(C)C)n1c(SCC(=O)O)nnc1C1CC1. The van der Waals surface area contributed by atoms with Crippen LogP contribution in [0.15, 0.2) is 5.16 Å². The van der Waals surface area contributed by atoms with Crippen molar-refractivity contribution in [3.8, 4) is 0 Å². The van der Waals surface area contributed by atoms with E-state index in [-0.39, 0.29) is 5.75 Å². The molecule has 1 N–H and O–H groups in total. The number of nitrogens with zero attached hydrogens (tertiary/aromatic N) is 4. The summed E-state index contributed by atoms with van der Waals surface area (Å²) in [6, 6.07) is 0.291. The molecule has 20 heavy (non-hydrogen) atoms. The van der Waals surface area contributed by atoms with Crippen molar-refractivity contribution in [2.24, 2.45) is 0 Å². The van der Waals surface area contributed by atoms with Gasteiger partial charge in [-0.05, 0) is 46.8 Å². The van der Waals surface area contributed by atoms with Gasteiger partial charge in [0.2, 0.25) is 0 Å². The van der Waals surface area contributed by atoms with E-state index in [0.717, 1.165) is 23.9 Å². The molecule has 7 heteroatoms. The summed E-state index contributed by atoms with van der Waals surface area (Å²) in [7, 11) is 4.11. The van der Waals surface area contributed by atoms with Crippen molar-refractivity contribution in [1.82, 2.24) is 19.7 Å². The summed E-state index contributed by atoms with van der Waals surface area (Å²) < 4.78 is 2.15.